The van der Waals surface area contributed by atoms with E-state index in [4.69, 9.17) is 41.0 Å². The number of carbonyl (C=O) groups excluding carboxylic acids is 5. The number of nitrogens with zero attached hydrogens (tertiary/aromatic N) is 1. The fourth-order valence-electron chi connectivity index (χ4n) is 7.46. The van der Waals surface area contributed by atoms with Gasteiger partial charge in [0.05, 0.1) is 19.3 Å². The summed E-state index contributed by atoms with van der Waals surface area (Å²) in [5.41, 5.74) is 9.53. The minimum atomic E-state index is -2.49. The summed E-state index contributed by atoms with van der Waals surface area (Å²) >= 11 is 6.70. The molecule has 75 heavy (non-hydrogen) atoms. The summed E-state index contributed by atoms with van der Waals surface area (Å²) < 4.78 is 98.6. The minimum Gasteiger partial charge on any atom is -0.489 e. The van der Waals surface area contributed by atoms with Gasteiger partial charge in [-0.2, -0.15) is 8.78 Å². The van der Waals surface area contributed by atoms with E-state index >= 15 is 0 Å². The number of esters is 2. The summed E-state index contributed by atoms with van der Waals surface area (Å²) in [5.74, 6) is -17.2. The number of alkyl carbamates (subject to hydrolysis) is 2. The van der Waals surface area contributed by atoms with Crippen molar-refractivity contribution in [2.24, 2.45) is 5.73 Å². The first-order valence-corrected chi connectivity index (χ1v) is 23.3. The Labute approximate surface area is 432 Å². The van der Waals surface area contributed by atoms with E-state index in [9.17, 15) is 51.0 Å². The van der Waals surface area contributed by atoms with Gasteiger partial charge in [-0.3, -0.25) is 4.79 Å². The predicted molar refractivity (Wildman–Crippen MR) is 262 cm³/mol. The van der Waals surface area contributed by atoms with Crippen LogP contribution in [0.25, 0.3) is 11.1 Å². The molecule has 0 aliphatic rings. The first-order valence-electron chi connectivity index (χ1n) is 22.9. The highest BCUT2D eigenvalue weighted by Gasteiger charge is 2.34. The van der Waals surface area contributed by atoms with Crippen molar-refractivity contribution in [2.45, 2.75) is 63.3 Å². The van der Waals surface area contributed by atoms with Gasteiger partial charge in [0.2, 0.25) is 40.7 Å². The van der Waals surface area contributed by atoms with Gasteiger partial charge in [0.1, 0.15) is 37.7 Å². The molecule has 4 atom stereocenters. The van der Waals surface area contributed by atoms with Crippen LogP contribution in [0.15, 0.2) is 127 Å². The number of methoxy groups -OCH3 is 1. The molecule has 6 rings (SSSR count). The average molecular weight is 1060 g/mol. The van der Waals surface area contributed by atoms with Gasteiger partial charge in [-0.05, 0) is 69.6 Å². The van der Waals surface area contributed by atoms with Crippen LogP contribution in [-0.2, 0) is 61.3 Å². The van der Waals surface area contributed by atoms with Gasteiger partial charge in [-0.1, -0.05) is 115 Å². The molecule has 0 bridgehead atoms. The van der Waals surface area contributed by atoms with Crippen LogP contribution in [0, 0.1) is 29.1 Å². The topological polar surface area (TPSA) is 205 Å². The third-order valence-corrected chi connectivity index (χ3v) is 11.9. The number of aliphatic hydroxyl groups is 1. The van der Waals surface area contributed by atoms with Crippen molar-refractivity contribution in [3.05, 3.63) is 189 Å². The highest BCUT2D eigenvalue weighted by atomic mass is 35.5. The number of likely N-dealkylation sites (N-methyl/N-ethyl adjacent to an activating group) is 1. The molecule has 0 heterocycles. The van der Waals surface area contributed by atoms with Gasteiger partial charge < -0.3 is 50.1 Å². The van der Waals surface area contributed by atoms with E-state index in [2.05, 4.69) is 10.6 Å². The fourth-order valence-corrected chi connectivity index (χ4v) is 7.66. The molecule has 0 aliphatic heterocycles. The predicted octanol–water partition coefficient (Wildman–Crippen LogP) is 8.27. The third kappa shape index (κ3) is 15.5. The van der Waals surface area contributed by atoms with Crippen LogP contribution in [-0.4, -0.2) is 85.0 Å². The molecule has 0 saturated carbocycles. The Bertz CT molecular complexity index is 2940. The quantitative estimate of drug-likeness (QED) is 0.0127. The van der Waals surface area contributed by atoms with E-state index in [-0.39, 0.29) is 55.5 Å². The van der Waals surface area contributed by atoms with E-state index in [1.54, 1.807) is 103 Å². The zero-order valence-corrected chi connectivity index (χ0v) is 41.0. The minimum absolute atomic E-state index is 0.0123. The van der Waals surface area contributed by atoms with Crippen LogP contribution in [0.3, 0.4) is 0 Å². The zero-order valence-electron chi connectivity index (χ0n) is 40.2. The Morgan fingerprint density at radius 3 is 1.72 bits per heavy atom. The zero-order chi connectivity index (χ0) is 54.2. The molecule has 15 nitrogen and oxygen atoms in total. The SMILES string of the molecule is COC(=O)[C@H](Cc1cc(-c2ccc(OCc3ccccc3)c(CC(NC(=O)OCc3ccccc3)C(=O)Oc3c(F)c(F)c(F)c(F)c3F)c2)ccc1Cl)N(C)C(=O)[C@@H](N)C[C@@H](O)CNC(=O)OCc1ccccc1. The molecule has 0 radical (unpaired) electrons. The Kier molecular flexibility index (Phi) is 20.1. The van der Waals surface area contributed by atoms with E-state index < -0.39 is 95.5 Å². The lowest BCUT2D eigenvalue weighted by Crippen LogP contribution is -2.52. The Morgan fingerprint density at radius 2 is 1.16 bits per heavy atom. The first kappa shape index (κ1) is 56.2. The average Bonchev–Trinajstić information content (AvgIpc) is 3.42. The van der Waals surface area contributed by atoms with E-state index in [1.807, 2.05) is 6.07 Å². The second-order valence-electron chi connectivity index (χ2n) is 16.8. The Morgan fingerprint density at radius 1 is 0.653 bits per heavy atom. The van der Waals surface area contributed by atoms with Crippen molar-refractivity contribution in [1.29, 1.82) is 0 Å². The smallest absolute Gasteiger partial charge is 0.408 e. The van der Waals surface area contributed by atoms with Crippen LogP contribution < -0.4 is 25.8 Å². The molecular formula is C54H50ClF5N4O11. The number of aliphatic hydroxyl groups excluding tert-OH is 1. The molecule has 0 fully saturated rings. The molecule has 0 aliphatic carbocycles. The summed E-state index contributed by atoms with van der Waals surface area (Å²) in [7, 11) is 2.43. The van der Waals surface area contributed by atoms with Gasteiger partial charge in [0, 0.05) is 31.5 Å². The van der Waals surface area contributed by atoms with Crippen LogP contribution in [0.4, 0.5) is 31.5 Å². The number of hydrogen-bond donors (Lipinski definition) is 4. The number of hydrogen-bond acceptors (Lipinski definition) is 12. The molecule has 394 valence electrons. The molecular weight excluding hydrogens is 1010 g/mol. The number of nitrogens with one attached hydrogen (secondary N) is 2. The highest BCUT2D eigenvalue weighted by molar-refractivity contribution is 6.31. The second kappa shape index (κ2) is 26.8. The summed E-state index contributed by atoms with van der Waals surface area (Å²) in [6.45, 7) is -0.629. The molecule has 0 aromatic heterocycles. The number of amides is 3. The van der Waals surface area contributed by atoms with E-state index in [1.165, 1.54) is 25.2 Å². The van der Waals surface area contributed by atoms with Crippen molar-refractivity contribution in [3.8, 4) is 22.6 Å². The summed E-state index contributed by atoms with van der Waals surface area (Å²) in [5, 5.41) is 15.5. The molecule has 5 N–H and O–H groups in total. The lowest BCUT2D eigenvalue weighted by Gasteiger charge is -2.29. The normalized spacial score (nSPS) is 12.6. The van der Waals surface area contributed by atoms with Crippen molar-refractivity contribution in [2.75, 3.05) is 20.7 Å². The molecule has 0 saturated heterocycles. The van der Waals surface area contributed by atoms with E-state index in [0.717, 1.165) is 17.6 Å². The van der Waals surface area contributed by atoms with Crippen LogP contribution in [0.1, 0.15) is 34.2 Å². The Hall–Kier alpha value is -8.07. The van der Waals surface area contributed by atoms with Gasteiger partial charge in [0.15, 0.2) is 0 Å². The van der Waals surface area contributed by atoms with Crippen molar-refractivity contribution < 1.29 is 74.7 Å². The standard InChI is InChI=1S/C54H50ClF5N4O11/c1-64(50(66)40(61)26-38(65)27-62-53(69)73-29-32-14-8-4-9-15-32)42(52(68)71-2)25-36-22-34(18-20-39(36)55)35-19-21-43(72-28-31-12-6-3-7-13-31)37(23-35)24-41(63-54(70)74-30-33-16-10-5-11-17-33)51(67)75-49-47(59)45(57)44(56)46(58)48(49)60/h3-23,38,40-42,65H,24-30,61H2,1-2H3,(H,62,69)(H,63,70)/t38-,40+,41?,42+/m1/s1. The lowest BCUT2D eigenvalue weighted by molar-refractivity contribution is -0.152. The van der Waals surface area contributed by atoms with Crippen molar-refractivity contribution >= 4 is 41.6 Å². The number of halogens is 6. The molecule has 6 aromatic carbocycles. The maximum absolute atomic E-state index is 14.9. The lowest BCUT2D eigenvalue weighted by atomic mass is 9.95. The maximum Gasteiger partial charge on any atom is 0.408 e. The van der Waals surface area contributed by atoms with E-state index in [0.29, 0.717) is 27.8 Å². The molecule has 6 aromatic rings. The Balaban J connectivity index is 1.25. The number of carbonyl (C=O) groups is 5. The van der Waals surface area contributed by atoms with Crippen LogP contribution >= 0.6 is 11.6 Å². The second-order valence-corrected chi connectivity index (χ2v) is 17.2. The molecule has 3 amide bonds. The summed E-state index contributed by atoms with van der Waals surface area (Å²) in [6.07, 6.45) is -4.45. The number of nitrogens with two attached hydrogens (primary N) is 1. The highest BCUT2D eigenvalue weighted by Crippen LogP contribution is 2.33. The summed E-state index contributed by atoms with van der Waals surface area (Å²) in [4.78, 5) is 67.4. The van der Waals surface area contributed by atoms with Crippen LogP contribution in [0.5, 0.6) is 11.5 Å². The summed E-state index contributed by atoms with van der Waals surface area (Å²) in [6, 6.07) is 30.9. The number of rotatable bonds is 22. The number of benzene rings is 6. The van der Waals surface area contributed by atoms with Crippen molar-refractivity contribution in [1.82, 2.24) is 15.5 Å². The van der Waals surface area contributed by atoms with Crippen LogP contribution in [0.2, 0.25) is 5.02 Å². The van der Waals surface area contributed by atoms with Gasteiger partial charge >= 0.3 is 24.1 Å². The monoisotopic (exact) mass is 1060 g/mol. The first-order chi connectivity index (χ1) is 35.9. The maximum atomic E-state index is 14.9. The fraction of sp³-hybridized carbons (Fsp3) is 0.241. The largest absolute Gasteiger partial charge is 0.489 e. The molecule has 0 spiro atoms. The molecule has 21 heteroatoms. The molecule has 1 unspecified atom stereocenters. The van der Waals surface area contributed by atoms with Crippen molar-refractivity contribution in [3.63, 3.8) is 0 Å². The van der Waals surface area contributed by atoms with Gasteiger partial charge in [0.25, 0.3) is 0 Å². The number of ether oxygens (including phenoxy) is 5. The van der Waals surface area contributed by atoms with Gasteiger partial charge in [-0.25, -0.2) is 32.3 Å². The third-order valence-electron chi connectivity index (χ3n) is 11.5. The van der Waals surface area contributed by atoms with Gasteiger partial charge in [-0.15, -0.1) is 0 Å².